The fraction of sp³-hybridized carbons (Fsp3) is 0.389. The number of nitrogens with one attached hydrogen (secondary N) is 2. The van der Waals surface area contributed by atoms with Gasteiger partial charge in [0.15, 0.2) is 5.13 Å². The smallest absolute Gasteiger partial charge is 0.184 e. The Morgan fingerprint density at radius 2 is 2.04 bits per heavy atom. The van der Waals surface area contributed by atoms with Crippen LogP contribution in [0.5, 0.6) is 0 Å². The zero-order valence-corrected chi connectivity index (χ0v) is 15.8. The van der Waals surface area contributed by atoms with E-state index in [9.17, 15) is 5.11 Å². The van der Waals surface area contributed by atoms with E-state index >= 15 is 0 Å². The van der Waals surface area contributed by atoms with Crippen LogP contribution in [0.25, 0.3) is 10.2 Å². The highest BCUT2D eigenvalue weighted by Crippen LogP contribution is 2.35. The molecule has 0 unspecified atom stereocenters. The van der Waals surface area contributed by atoms with Gasteiger partial charge in [0, 0.05) is 6.54 Å². The summed E-state index contributed by atoms with van der Waals surface area (Å²) in [7, 11) is 0. The van der Waals surface area contributed by atoms with Crippen molar-refractivity contribution in [3.63, 3.8) is 0 Å². The second-order valence-corrected chi connectivity index (χ2v) is 8.09. The number of aromatic nitrogens is 3. The van der Waals surface area contributed by atoms with Gasteiger partial charge < -0.3 is 15.7 Å². The van der Waals surface area contributed by atoms with Crippen molar-refractivity contribution in [2.75, 3.05) is 17.2 Å². The lowest BCUT2D eigenvalue weighted by atomic mass is 10.00. The Morgan fingerprint density at radius 3 is 2.81 bits per heavy atom. The Hall–Kier alpha value is -1.96. The molecular weight excluding hydrogens is 370 g/mol. The summed E-state index contributed by atoms with van der Waals surface area (Å²) >= 11 is 7.48. The van der Waals surface area contributed by atoms with Gasteiger partial charge in [-0.3, -0.25) is 4.98 Å². The van der Waals surface area contributed by atoms with Crippen LogP contribution in [0.2, 0.25) is 5.15 Å². The number of benzene rings is 1. The third-order valence-electron chi connectivity index (χ3n) is 4.77. The highest BCUT2D eigenvalue weighted by atomic mass is 35.5. The fourth-order valence-electron chi connectivity index (χ4n) is 3.35. The summed E-state index contributed by atoms with van der Waals surface area (Å²) in [5.74, 6) is 0.648. The van der Waals surface area contributed by atoms with E-state index in [4.69, 9.17) is 11.6 Å². The van der Waals surface area contributed by atoms with Gasteiger partial charge in [0.1, 0.15) is 11.0 Å². The lowest BCUT2D eigenvalue weighted by Crippen LogP contribution is -2.38. The molecule has 3 aromatic rings. The summed E-state index contributed by atoms with van der Waals surface area (Å²) in [5, 5.41) is 17.7. The van der Waals surface area contributed by atoms with Gasteiger partial charge in [0.05, 0.1) is 34.8 Å². The first kappa shape index (κ1) is 17.5. The summed E-state index contributed by atoms with van der Waals surface area (Å²) in [6, 6.07) is 6.20. The topological polar surface area (TPSA) is 83.0 Å². The highest BCUT2D eigenvalue weighted by molar-refractivity contribution is 7.22. The minimum Gasteiger partial charge on any atom is -0.394 e. The number of anilines is 2. The number of rotatable bonds is 6. The van der Waals surface area contributed by atoms with E-state index in [-0.39, 0.29) is 12.1 Å². The predicted molar refractivity (Wildman–Crippen MR) is 106 cm³/mol. The van der Waals surface area contributed by atoms with Gasteiger partial charge in [-0.15, -0.1) is 0 Å². The van der Waals surface area contributed by atoms with Gasteiger partial charge in [-0.1, -0.05) is 41.8 Å². The van der Waals surface area contributed by atoms with E-state index in [1.165, 1.54) is 6.20 Å². The zero-order chi connectivity index (χ0) is 18.0. The molecule has 1 aliphatic carbocycles. The molecule has 6 nitrogen and oxygen atoms in total. The first-order valence-electron chi connectivity index (χ1n) is 8.66. The van der Waals surface area contributed by atoms with Crippen molar-refractivity contribution in [3.8, 4) is 0 Å². The Balaban J connectivity index is 1.48. The third-order valence-corrected chi connectivity index (χ3v) is 5.88. The monoisotopic (exact) mass is 389 g/mol. The number of aliphatic hydroxyl groups is 1. The number of thiazole rings is 1. The molecule has 0 aliphatic heterocycles. The van der Waals surface area contributed by atoms with Gasteiger partial charge >= 0.3 is 0 Å². The molecule has 0 amide bonds. The van der Waals surface area contributed by atoms with Crippen LogP contribution in [0, 0.1) is 0 Å². The van der Waals surface area contributed by atoms with Crippen LogP contribution in [0.3, 0.4) is 0 Å². The quantitative estimate of drug-likeness (QED) is 0.589. The lowest BCUT2D eigenvalue weighted by Gasteiger charge is -2.27. The molecule has 1 aromatic carbocycles. The largest absolute Gasteiger partial charge is 0.394 e. The average molecular weight is 390 g/mol. The molecule has 1 fully saturated rings. The lowest BCUT2D eigenvalue weighted by molar-refractivity contribution is 0.214. The Morgan fingerprint density at radius 1 is 1.19 bits per heavy atom. The van der Waals surface area contributed by atoms with Gasteiger partial charge in [-0.2, -0.15) is 0 Å². The maximum absolute atomic E-state index is 9.78. The molecule has 2 aromatic heterocycles. The Bertz CT molecular complexity index is 909. The minimum absolute atomic E-state index is 0.152. The van der Waals surface area contributed by atoms with Crippen LogP contribution in [-0.2, 0) is 6.54 Å². The SMILES string of the molecule is OCC1(Nc2nc3ccc(CNc4cncc(Cl)n4)cc3s2)CCCC1. The maximum Gasteiger partial charge on any atom is 0.184 e. The fourth-order valence-corrected chi connectivity index (χ4v) is 4.55. The van der Waals surface area contributed by atoms with Crippen LogP contribution < -0.4 is 10.6 Å². The first-order chi connectivity index (χ1) is 12.7. The molecule has 4 rings (SSSR count). The number of aliphatic hydroxyl groups excluding tert-OH is 1. The van der Waals surface area contributed by atoms with Crippen molar-refractivity contribution >= 4 is 44.1 Å². The summed E-state index contributed by atoms with van der Waals surface area (Å²) in [6.45, 7) is 0.783. The van der Waals surface area contributed by atoms with Gasteiger partial charge in [0.2, 0.25) is 0 Å². The zero-order valence-electron chi connectivity index (χ0n) is 14.2. The second kappa shape index (κ2) is 7.34. The van der Waals surface area contributed by atoms with Crippen molar-refractivity contribution < 1.29 is 5.11 Å². The number of hydrogen-bond donors (Lipinski definition) is 3. The summed E-state index contributed by atoms with van der Waals surface area (Å²) < 4.78 is 1.12. The van der Waals surface area contributed by atoms with E-state index in [1.54, 1.807) is 17.5 Å². The molecular formula is C18H20ClN5OS. The van der Waals surface area contributed by atoms with E-state index in [0.29, 0.717) is 17.5 Å². The molecule has 1 saturated carbocycles. The first-order valence-corrected chi connectivity index (χ1v) is 9.85. The molecule has 3 N–H and O–H groups in total. The summed E-state index contributed by atoms with van der Waals surface area (Å²) in [5.41, 5.74) is 1.89. The average Bonchev–Trinajstić information content (AvgIpc) is 3.26. The standard InChI is InChI=1S/C18H20ClN5OS/c19-15-9-20-10-16(23-15)21-8-12-3-4-13-14(7-12)26-17(22-13)24-18(11-25)5-1-2-6-18/h3-4,7,9-10,25H,1-2,5-6,8,11H2,(H,21,23)(H,22,24). The minimum atomic E-state index is -0.205. The highest BCUT2D eigenvalue weighted by Gasteiger charge is 2.33. The van der Waals surface area contributed by atoms with E-state index in [0.717, 1.165) is 46.6 Å². The molecule has 0 atom stereocenters. The number of hydrogen-bond acceptors (Lipinski definition) is 7. The number of fused-ring (bicyclic) bond motifs is 1. The molecule has 2 heterocycles. The van der Waals surface area contributed by atoms with Crippen LogP contribution in [0.15, 0.2) is 30.6 Å². The molecule has 0 spiro atoms. The molecule has 0 radical (unpaired) electrons. The molecule has 8 heteroatoms. The summed E-state index contributed by atoms with van der Waals surface area (Å²) in [4.78, 5) is 12.9. The van der Waals surface area contributed by atoms with Crippen molar-refractivity contribution in [2.45, 2.75) is 37.8 Å². The predicted octanol–water partition coefficient (Wildman–Crippen LogP) is 4.07. The van der Waals surface area contributed by atoms with Crippen molar-refractivity contribution in [1.29, 1.82) is 0 Å². The maximum atomic E-state index is 9.78. The normalized spacial score (nSPS) is 16.1. The van der Waals surface area contributed by atoms with Crippen molar-refractivity contribution in [2.24, 2.45) is 0 Å². The van der Waals surface area contributed by atoms with Crippen LogP contribution in [0.4, 0.5) is 10.9 Å². The summed E-state index contributed by atoms with van der Waals surface area (Å²) in [6.07, 6.45) is 7.45. The van der Waals surface area contributed by atoms with Gasteiger partial charge in [0.25, 0.3) is 0 Å². The molecule has 0 saturated heterocycles. The molecule has 0 bridgehead atoms. The van der Waals surface area contributed by atoms with Crippen LogP contribution in [0.1, 0.15) is 31.2 Å². The number of nitrogens with zero attached hydrogens (tertiary/aromatic N) is 3. The van der Waals surface area contributed by atoms with Gasteiger partial charge in [-0.05, 0) is 30.5 Å². The second-order valence-electron chi connectivity index (χ2n) is 6.67. The Kier molecular flexibility index (Phi) is 4.93. The third kappa shape index (κ3) is 3.75. The molecule has 1 aliphatic rings. The van der Waals surface area contributed by atoms with Crippen molar-refractivity contribution in [1.82, 2.24) is 15.0 Å². The Labute approximate surface area is 160 Å². The van der Waals surface area contributed by atoms with Gasteiger partial charge in [-0.25, -0.2) is 9.97 Å². The van der Waals surface area contributed by atoms with E-state index in [2.05, 4.69) is 31.7 Å². The van der Waals surface area contributed by atoms with Crippen LogP contribution >= 0.6 is 22.9 Å². The van der Waals surface area contributed by atoms with Crippen molar-refractivity contribution in [3.05, 3.63) is 41.3 Å². The number of halogens is 1. The van der Waals surface area contributed by atoms with E-state index < -0.39 is 0 Å². The van der Waals surface area contributed by atoms with E-state index in [1.807, 2.05) is 12.1 Å². The van der Waals surface area contributed by atoms with Crippen LogP contribution in [-0.4, -0.2) is 32.2 Å². The molecule has 136 valence electrons. The molecule has 26 heavy (non-hydrogen) atoms.